The second kappa shape index (κ2) is 13.1. The van der Waals surface area contributed by atoms with E-state index in [0.717, 1.165) is 44.4 Å². The first-order valence-corrected chi connectivity index (χ1v) is 10.7. The molecule has 0 radical (unpaired) electrons. The molecule has 0 amide bonds. The highest BCUT2D eigenvalue weighted by Gasteiger charge is 2.29. The Labute approximate surface area is 190 Å². The van der Waals surface area contributed by atoms with Crippen molar-refractivity contribution in [3.8, 4) is 0 Å². The van der Waals surface area contributed by atoms with Gasteiger partial charge in [-0.15, -0.1) is 35.7 Å². The number of halogens is 1. The van der Waals surface area contributed by atoms with Crippen molar-refractivity contribution in [3.05, 3.63) is 66.2 Å². The van der Waals surface area contributed by atoms with Crippen LogP contribution in [-0.4, -0.2) is 38.0 Å². The molecule has 2 atom stereocenters. The molecule has 0 aliphatic carbocycles. The Balaban J connectivity index is 0.00000280. The summed E-state index contributed by atoms with van der Waals surface area (Å²) in [6.45, 7) is 5.44. The second-order valence-electron chi connectivity index (χ2n) is 6.56. The van der Waals surface area contributed by atoms with Gasteiger partial charge in [0.1, 0.15) is 0 Å². The highest BCUT2D eigenvalue weighted by Crippen LogP contribution is 2.34. The van der Waals surface area contributed by atoms with E-state index in [1.54, 1.807) is 0 Å². The minimum Gasteiger partial charge on any atom is -0.373 e. The number of rotatable bonds is 8. The lowest BCUT2D eigenvalue weighted by molar-refractivity contribution is 0.0925. The van der Waals surface area contributed by atoms with Gasteiger partial charge in [-0.3, -0.25) is 4.99 Å². The van der Waals surface area contributed by atoms with Gasteiger partial charge in [-0.1, -0.05) is 48.5 Å². The van der Waals surface area contributed by atoms with Crippen LogP contribution >= 0.6 is 35.7 Å². The first kappa shape index (κ1) is 23.0. The second-order valence-corrected chi connectivity index (χ2v) is 7.73. The van der Waals surface area contributed by atoms with E-state index in [1.807, 2.05) is 23.9 Å². The molecule has 2 unspecified atom stereocenters. The van der Waals surface area contributed by atoms with Crippen LogP contribution in [0.25, 0.3) is 0 Å². The van der Waals surface area contributed by atoms with Gasteiger partial charge in [0.25, 0.3) is 0 Å². The van der Waals surface area contributed by atoms with E-state index in [4.69, 9.17) is 9.73 Å². The monoisotopic (exact) mass is 511 g/mol. The third-order valence-corrected chi connectivity index (χ3v) is 5.59. The van der Waals surface area contributed by atoms with Gasteiger partial charge in [-0.2, -0.15) is 0 Å². The average molecular weight is 511 g/mol. The third kappa shape index (κ3) is 7.29. The summed E-state index contributed by atoms with van der Waals surface area (Å²) in [6.07, 6.45) is 1.22. The van der Waals surface area contributed by atoms with Crippen molar-refractivity contribution in [1.29, 1.82) is 0 Å². The van der Waals surface area contributed by atoms with E-state index >= 15 is 0 Å². The number of guanidine groups is 1. The molecule has 1 saturated heterocycles. The third-order valence-electron chi connectivity index (χ3n) is 4.58. The fourth-order valence-corrected chi connectivity index (χ4v) is 4.03. The van der Waals surface area contributed by atoms with E-state index in [0.29, 0.717) is 5.92 Å². The van der Waals surface area contributed by atoms with Crippen LogP contribution in [0.15, 0.2) is 70.6 Å². The van der Waals surface area contributed by atoms with Crippen LogP contribution in [0, 0.1) is 5.92 Å². The molecule has 0 aromatic heterocycles. The summed E-state index contributed by atoms with van der Waals surface area (Å²) in [4.78, 5) is 6.12. The minimum atomic E-state index is 0. The normalized spacial score (nSPS) is 19.1. The zero-order valence-corrected chi connectivity index (χ0v) is 19.5. The first-order chi connectivity index (χ1) is 13.4. The predicted octanol–water partition coefficient (Wildman–Crippen LogP) is 4.73. The molecule has 28 heavy (non-hydrogen) atoms. The maximum atomic E-state index is 5.98. The Kier molecular flexibility index (Phi) is 10.7. The zero-order chi connectivity index (χ0) is 18.7. The molecule has 3 rings (SSSR count). The molecule has 1 aliphatic rings. The van der Waals surface area contributed by atoms with Crippen molar-refractivity contribution >= 4 is 41.7 Å². The molecule has 4 nitrogen and oxygen atoms in total. The van der Waals surface area contributed by atoms with Crippen LogP contribution in [0.4, 0.5) is 0 Å². The minimum absolute atomic E-state index is 0. The van der Waals surface area contributed by atoms with E-state index in [2.05, 4.69) is 66.1 Å². The lowest BCUT2D eigenvalue weighted by atomic mass is 9.95. The van der Waals surface area contributed by atoms with E-state index in [-0.39, 0.29) is 30.1 Å². The van der Waals surface area contributed by atoms with E-state index in [1.165, 1.54) is 10.5 Å². The fraction of sp³-hybridized carbons (Fsp3) is 0.409. The van der Waals surface area contributed by atoms with Crippen LogP contribution < -0.4 is 10.6 Å². The number of benzene rings is 2. The molecular weight excluding hydrogens is 481 g/mol. The van der Waals surface area contributed by atoms with Crippen molar-refractivity contribution in [2.24, 2.45) is 10.9 Å². The van der Waals surface area contributed by atoms with Crippen molar-refractivity contribution in [2.75, 3.05) is 32.0 Å². The number of ether oxygens (including phenoxy) is 1. The molecule has 2 aromatic rings. The Morgan fingerprint density at radius 2 is 1.79 bits per heavy atom. The topological polar surface area (TPSA) is 45.7 Å². The molecule has 2 N–H and O–H groups in total. The summed E-state index contributed by atoms with van der Waals surface area (Å²) in [7, 11) is 0. The molecule has 0 bridgehead atoms. The lowest BCUT2D eigenvalue weighted by Gasteiger charge is -2.18. The smallest absolute Gasteiger partial charge is 0.191 e. The standard InChI is InChI=1S/C22H29N3OS.HI/c1-2-23-22(24-14-16-27-20-11-7-4-8-12-20)25-17-19-13-15-26-21(19)18-9-5-3-6-10-18;/h3-12,19,21H,2,13-17H2,1H3,(H2,23,24,25);1H. The molecular formula is C22H30IN3OS. The number of nitrogens with zero attached hydrogens (tertiary/aromatic N) is 1. The lowest BCUT2D eigenvalue weighted by Crippen LogP contribution is -2.38. The molecule has 0 spiro atoms. The van der Waals surface area contributed by atoms with Crippen LogP contribution in [0.3, 0.4) is 0 Å². The van der Waals surface area contributed by atoms with Crippen molar-refractivity contribution in [3.63, 3.8) is 0 Å². The van der Waals surface area contributed by atoms with Crippen LogP contribution in [0.2, 0.25) is 0 Å². The van der Waals surface area contributed by atoms with Crippen molar-refractivity contribution < 1.29 is 4.74 Å². The molecule has 152 valence electrons. The van der Waals surface area contributed by atoms with Crippen molar-refractivity contribution in [2.45, 2.75) is 24.3 Å². The predicted molar refractivity (Wildman–Crippen MR) is 130 cm³/mol. The summed E-state index contributed by atoms with van der Waals surface area (Å²) in [5.74, 6) is 2.33. The number of thioether (sulfide) groups is 1. The SMILES string of the molecule is CCNC(=NCC1CCOC1c1ccccc1)NCCSc1ccccc1.I. The number of nitrogens with one attached hydrogen (secondary N) is 2. The Morgan fingerprint density at radius 3 is 2.50 bits per heavy atom. The summed E-state index contributed by atoms with van der Waals surface area (Å²) < 4.78 is 5.98. The van der Waals surface area contributed by atoms with Gasteiger partial charge >= 0.3 is 0 Å². The molecule has 0 saturated carbocycles. The Hall–Kier alpha value is -1.25. The fourth-order valence-electron chi connectivity index (χ4n) is 3.24. The molecule has 1 aliphatic heterocycles. The maximum Gasteiger partial charge on any atom is 0.191 e. The van der Waals surface area contributed by atoms with Gasteiger partial charge in [0.05, 0.1) is 6.10 Å². The van der Waals surface area contributed by atoms with E-state index in [9.17, 15) is 0 Å². The number of hydrogen-bond acceptors (Lipinski definition) is 3. The Morgan fingerprint density at radius 1 is 1.07 bits per heavy atom. The molecule has 1 heterocycles. The average Bonchev–Trinajstić information content (AvgIpc) is 3.19. The first-order valence-electron chi connectivity index (χ1n) is 9.73. The Bertz CT molecular complexity index is 699. The van der Waals surface area contributed by atoms with Crippen LogP contribution in [-0.2, 0) is 4.74 Å². The largest absolute Gasteiger partial charge is 0.373 e. The van der Waals surface area contributed by atoms with Gasteiger partial charge in [-0.05, 0) is 31.0 Å². The van der Waals surface area contributed by atoms with Gasteiger partial charge in [0.2, 0.25) is 0 Å². The van der Waals surface area contributed by atoms with Gasteiger partial charge in [0.15, 0.2) is 5.96 Å². The van der Waals surface area contributed by atoms with Gasteiger partial charge in [0, 0.05) is 42.8 Å². The van der Waals surface area contributed by atoms with Crippen molar-refractivity contribution in [1.82, 2.24) is 10.6 Å². The molecule has 6 heteroatoms. The quantitative estimate of drug-likeness (QED) is 0.177. The highest BCUT2D eigenvalue weighted by atomic mass is 127. The molecule has 2 aromatic carbocycles. The van der Waals surface area contributed by atoms with Gasteiger partial charge < -0.3 is 15.4 Å². The van der Waals surface area contributed by atoms with Crippen LogP contribution in [0.5, 0.6) is 0 Å². The van der Waals surface area contributed by atoms with Gasteiger partial charge in [-0.25, -0.2) is 0 Å². The summed E-state index contributed by atoms with van der Waals surface area (Å²) in [6, 6.07) is 21.0. The summed E-state index contributed by atoms with van der Waals surface area (Å²) in [5, 5.41) is 6.80. The zero-order valence-electron chi connectivity index (χ0n) is 16.3. The maximum absolute atomic E-state index is 5.98. The van der Waals surface area contributed by atoms with Crippen LogP contribution in [0.1, 0.15) is 25.0 Å². The summed E-state index contributed by atoms with van der Waals surface area (Å²) in [5.41, 5.74) is 1.26. The van der Waals surface area contributed by atoms with E-state index < -0.39 is 0 Å². The molecule has 1 fully saturated rings. The highest BCUT2D eigenvalue weighted by molar-refractivity contribution is 14.0. The number of aliphatic imine (C=N–C) groups is 1. The number of hydrogen-bond donors (Lipinski definition) is 2. The summed E-state index contributed by atoms with van der Waals surface area (Å²) >= 11 is 1.86.